The van der Waals surface area contributed by atoms with E-state index in [1.54, 1.807) is 6.92 Å². The van der Waals surface area contributed by atoms with E-state index in [-0.39, 0.29) is 53.2 Å². The van der Waals surface area contributed by atoms with Crippen molar-refractivity contribution in [2.75, 3.05) is 19.8 Å². The van der Waals surface area contributed by atoms with Crippen molar-refractivity contribution < 1.29 is 85.7 Å². The molecule has 16 nitrogen and oxygen atoms in total. The summed E-state index contributed by atoms with van der Waals surface area (Å²) in [6.07, 6.45) is 5.36. The minimum atomic E-state index is -2.78. The number of cyclic esters (lactones) is 1. The molecule has 6 aliphatic carbocycles. The Morgan fingerprint density at radius 1 is 0.734 bits per heavy atom. The summed E-state index contributed by atoms with van der Waals surface area (Å²) in [4.78, 5) is 79.2. The number of aliphatic hydroxyl groups is 2. The van der Waals surface area contributed by atoms with E-state index in [0.717, 1.165) is 51.9 Å². The van der Waals surface area contributed by atoms with Crippen molar-refractivity contribution in [2.45, 2.75) is 153 Å². The zero-order valence-electron chi connectivity index (χ0n) is 37.3. The van der Waals surface area contributed by atoms with E-state index < -0.39 is 83.8 Å². The van der Waals surface area contributed by atoms with Crippen LogP contribution in [0.1, 0.15) is 112 Å². The maximum atomic E-state index is 12.2. The van der Waals surface area contributed by atoms with E-state index in [1.165, 1.54) is 20.8 Å². The summed E-state index contributed by atoms with van der Waals surface area (Å²) in [6.45, 7) is 20.3. The molecule has 2 N–H and O–H groups in total. The van der Waals surface area contributed by atoms with Crippen LogP contribution in [0.15, 0.2) is 48.6 Å². The van der Waals surface area contributed by atoms with Gasteiger partial charge in [0.2, 0.25) is 12.0 Å². The lowest BCUT2D eigenvalue weighted by Crippen LogP contribution is -2.66. The molecule has 0 radical (unpaired) electrons. The van der Waals surface area contributed by atoms with Gasteiger partial charge in [-0.1, -0.05) is 26.3 Å². The van der Waals surface area contributed by atoms with Gasteiger partial charge in [0.25, 0.3) is 0 Å². The van der Waals surface area contributed by atoms with Gasteiger partial charge in [0.05, 0.1) is 30.3 Å². The molecule has 356 valence electrons. The van der Waals surface area contributed by atoms with Crippen molar-refractivity contribution in [1.82, 2.24) is 0 Å². The molecule has 18 heteroatoms. The number of hydrogen-bond donors (Lipinski definition) is 2. The lowest BCUT2D eigenvalue weighted by molar-refractivity contribution is -0.260. The van der Waals surface area contributed by atoms with Gasteiger partial charge >= 0.3 is 41.8 Å². The number of alkyl halides is 2. The van der Waals surface area contributed by atoms with Gasteiger partial charge in [0, 0.05) is 60.3 Å². The molecule has 3 aliphatic heterocycles. The Morgan fingerprint density at radius 2 is 1.31 bits per heavy atom. The summed E-state index contributed by atoms with van der Waals surface area (Å²) in [5, 5.41) is 21.0. The van der Waals surface area contributed by atoms with Crippen LogP contribution in [0.5, 0.6) is 0 Å². The number of fused-ring (bicyclic) bond motifs is 1. The van der Waals surface area contributed by atoms with Gasteiger partial charge in [0.1, 0.15) is 17.8 Å². The zero-order chi connectivity index (χ0) is 47.9. The van der Waals surface area contributed by atoms with Crippen LogP contribution in [-0.4, -0.2) is 113 Å². The first-order chi connectivity index (χ1) is 29.6. The van der Waals surface area contributed by atoms with Crippen LogP contribution in [0.25, 0.3) is 0 Å². The molecule has 0 aromatic heterocycles. The molecule has 64 heavy (non-hydrogen) atoms. The predicted molar refractivity (Wildman–Crippen MR) is 220 cm³/mol. The number of carbonyl (C=O) groups is 7. The van der Waals surface area contributed by atoms with Gasteiger partial charge in [-0.15, -0.1) is 0 Å². The van der Waals surface area contributed by atoms with Crippen LogP contribution in [0.4, 0.5) is 8.78 Å². The molecule has 6 saturated carbocycles. The molecular weight excluding hydrogens is 846 g/mol. The lowest BCUT2D eigenvalue weighted by atomic mass is 9.50. The molecule has 9 aliphatic rings. The first-order valence-corrected chi connectivity index (χ1v) is 21.4. The number of rotatable bonds is 12. The molecule has 3 saturated heterocycles. The summed E-state index contributed by atoms with van der Waals surface area (Å²) < 4.78 is 59.5. The van der Waals surface area contributed by atoms with Gasteiger partial charge in [-0.3, -0.25) is 4.79 Å². The van der Waals surface area contributed by atoms with E-state index in [4.69, 9.17) is 23.7 Å². The summed E-state index contributed by atoms with van der Waals surface area (Å²) in [5.74, 6) is -5.38. The Kier molecular flexibility index (Phi) is 16.9. The lowest BCUT2D eigenvalue weighted by Gasteiger charge is -2.62. The molecule has 0 spiro atoms. The fourth-order valence-corrected chi connectivity index (χ4v) is 9.78. The topological polar surface area (TPSA) is 225 Å². The molecule has 9 fully saturated rings. The second-order valence-electron chi connectivity index (χ2n) is 18.7. The van der Waals surface area contributed by atoms with Crippen LogP contribution in [0.2, 0.25) is 0 Å². The zero-order valence-corrected chi connectivity index (χ0v) is 37.3. The van der Waals surface area contributed by atoms with Crippen LogP contribution in [0.3, 0.4) is 0 Å². The minimum Gasteiger partial charge on any atom is -0.463 e. The van der Waals surface area contributed by atoms with Crippen molar-refractivity contribution >= 4 is 41.8 Å². The van der Waals surface area contributed by atoms with Crippen molar-refractivity contribution in [3.63, 3.8) is 0 Å². The normalized spacial score (nSPS) is 32.2. The second-order valence-corrected chi connectivity index (χ2v) is 18.7. The van der Waals surface area contributed by atoms with Crippen LogP contribution >= 0.6 is 0 Å². The highest BCUT2D eigenvalue weighted by Crippen LogP contribution is 2.60. The predicted octanol–water partition coefficient (Wildman–Crippen LogP) is 5.26. The SMILES string of the molecule is C=C(C)C(=O)OC12CC3CC(O)(CC(O)(C3)C1)C2.C=C(C)C(=O)OC1CCOC1=O.C=C(C)C(=O)OCC(=O)OC1C2CC3CC(C2)C(=O)OC1C3.C=C(C)C(=O)OCCC(C)(F)F. The van der Waals surface area contributed by atoms with Crippen LogP contribution in [0, 0.1) is 23.7 Å². The van der Waals surface area contributed by atoms with Gasteiger partial charge in [-0.05, 0) is 91.4 Å². The smallest absolute Gasteiger partial charge is 0.347 e. The Balaban J connectivity index is 0.000000194. The third kappa shape index (κ3) is 14.5. The largest absolute Gasteiger partial charge is 0.463 e. The number of halogens is 2. The standard InChI is InChI=1S/C16H20O6.C14H20O4.C8H12F2O2.C8H10O4/c1-8(2)15(18)20-7-13(17)22-14-10-3-9-4-11(6-10)16(19)21-12(14)5-9;1-9(2)11(15)18-14-5-10-3-12(16,7-14)6-13(17,4-10)8-14;1-6(2)7(11)12-5-4-8(3,9)10;1-5(2)7(9)12-6-3-4-11-8(6)10/h9-12,14H,1,3-7H2,2H3;10,16-17H,1,3-8H2,2H3;1,4-5H2,2-3H3;6H,1,3-4H2,2H3. The van der Waals surface area contributed by atoms with E-state index in [1.807, 2.05) is 0 Å². The van der Waals surface area contributed by atoms with Gasteiger partial charge in [0.15, 0.2) is 6.61 Å². The Morgan fingerprint density at radius 3 is 1.83 bits per heavy atom. The molecular formula is C46H62F2O16. The van der Waals surface area contributed by atoms with Crippen LogP contribution in [-0.2, 0) is 66.7 Å². The highest BCUT2D eigenvalue weighted by molar-refractivity contribution is 5.90. The quantitative estimate of drug-likeness (QED) is 0.145. The van der Waals surface area contributed by atoms with Gasteiger partial charge < -0.3 is 43.4 Å². The summed E-state index contributed by atoms with van der Waals surface area (Å²) in [5.41, 5.74) is -1.30. The fourth-order valence-electron chi connectivity index (χ4n) is 9.78. The van der Waals surface area contributed by atoms with E-state index in [9.17, 15) is 52.6 Å². The summed E-state index contributed by atoms with van der Waals surface area (Å²) in [7, 11) is 0. The van der Waals surface area contributed by atoms with Crippen molar-refractivity contribution in [1.29, 1.82) is 0 Å². The first-order valence-electron chi connectivity index (χ1n) is 21.4. The third-order valence-electron chi connectivity index (χ3n) is 12.0. The monoisotopic (exact) mass is 908 g/mol. The maximum Gasteiger partial charge on any atom is 0.347 e. The average molecular weight is 909 g/mol. The Labute approximate surface area is 371 Å². The summed E-state index contributed by atoms with van der Waals surface area (Å²) in [6, 6.07) is 0. The molecule has 0 amide bonds. The molecule has 8 atom stereocenters. The number of ether oxygens (including phenoxy) is 7. The van der Waals surface area contributed by atoms with Crippen molar-refractivity contribution in [2.24, 2.45) is 23.7 Å². The molecule has 8 unspecified atom stereocenters. The van der Waals surface area contributed by atoms with E-state index >= 15 is 0 Å². The Bertz CT molecular complexity index is 1870. The molecule has 3 heterocycles. The maximum absolute atomic E-state index is 12.2. The van der Waals surface area contributed by atoms with Crippen molar-refractivity contribution in [3.8, 4) is 0 Å². The van der Waals surface area contributed by atoms with Crippen molar-refractivity contribution in [3.05, 3.63) is 48.6 Å². The summed E-state index contributed by atoms with van der Waals surface area (Å²) >= 11 is 0. The molecule has 8 bridgehead atoms. The van der Waals surface area contributed by atoms with E-state index in [0.29, 0.717) is 43.8 Å². The third-order valence-corrected chi connectivity index (χ3v) is 12.0. The highest BCUT2D eigenvalue weighted by atomic mass is 19.3. The fraction of sp³-hybridized carbons (Fsp3) is 0.674. The molecule has 9 rings (SSSR count). The second kappa shape index (κ2) is 20.9. The Hall–Kier alpha value is -4.97. The molecule has 0 aromatic carbocycles. The van der Waals surface area contributed by atoms with Gasteiger partial charge in [-0.2, -0.15) is 0 Å². The van der Waals surface area contributed by atoms with Crippen LogP contribution < -0.4 is 0 Å². The highest BCUT2D eigenvalue weighted by Gasteiger charge is 2.64. The minimum absolute atomic E-state index is 0.0568. The first kappa shape index (κ1) is 51.7. The number of hydrogen-bond acceptors (Lipinski definition) is 16. The number of carbonyl (C=O) groups excluding carboxylic acids is 7. The van der Waals surface area contributed by atoms with Gasteiger partial charge in [-0.25, -0.2) is 37.5 Å². The number of esters is 7. The molecule has 0 aromatic rings. The average Bonchev–Trinajstić information content (AvgIpc) is 3.49. The van der Waals surface area contributed by atoms with E-state index in [2.05, 4.69) is 35.8 Å².